The van der Waals surface area contributed by atoms with Crippen LogP contribution in [0.2, 0.25) is 0 Å². The molecule has 1 N–H and O–H groups in total. The van der Waals surface area contributed by atoms with Crippen LogP contribution in [0, 0.1) is 11.3 Å². The Hall–Kier alpha value is -0.570. The van der Waals surface area contributed by atoms with E-state index in [4.69, 9.17) is 0 Å². The van der Waals surface area contributed by atoms with Gasteiger partial charge in [0.15, 0.2) is 0 Å². The maximum atomic E-state index is 11.6. The number of carbonyl (C=O) groups is 1. The normalized spacial score (nSPS) is 30.2. The molecule has 104 valence electrons. The molecule has 2 fully saturated rings. The number of likely N-dealkylation sites (tertiary alicyclic amines) is 1. The predicted molar refractivity (Wildman–Crippen MR) is 72.6 cm³/mol. The summed E-state index contributed by atoms with van der Waals surface area (Å²) in [4.78, 5) is 13.8. The van der Waals surface area contributed by atoms with Crippen molar-refractivity contribution in [2.45, 2.75) is 64.8 Å². The van der Waals surface area contributed by atoms with Crippen molar-refractivity contribution >= 4 is 5.97 Å². The molecule has 1 saturated carbocycles. The first-order valence-corrected chi connectivity index (χ1v) is 7.47. The number of rotatable bonds is 3. The van der Waals surface area contributed by atoms with Crippen LogP contribution in [0.4, 0.5) is 0 Å². The highest BCUT2D eigenvalue weighted by molar-refractivity contribution is 5.74. The zero-order valence-corrected chi connectivity index (χ0v) is 11.8. The second kappa shape index (κ2) is 5.60. The number of hydrogen-bond acceptors (Lipinski definition) is 2. The molecule has 1 aliphatic heterocycles. The molecule has 0 aromatic rings. The zero-order valence-electron chi connectivity index (χ0n) is 11.8. The Labute approximate surface area is 111 Å². The van der Waals surface area contributed by atoms with Gasteiger partial charge in [0.2, 0.25) is 0 Å². The molecule has 1 unspecified atom stereocenters. The lowest BCUT2D eigenvalue weighted by molar-refractivity contribution is -0.151. The second-order valence-corrected chi connectivity index (χ2v) is 6.83. The number of nitrogens with zero attached hydrogens (tertiary/aromatic N) is 1. The fourth-order valence-electron chi connectivity index (χ4n) is 3.89. The lowest BCUT2D eigenvalue weighted by Crippen LogP contribution is -2.55. The molecule has 0 aromatic carbocycles. The molecule has 1 saturated heterocycles. The van der Waals surface area contributed by atoms with Crippen molar-refractivity contribution in [2.75, 3.05) is 13.1 Å². The summed E-state index contributed by atoms with van der Waals surface area (Å²) in [7, 11) is 0. The quantitative estimate of drug-likeness (QED) is 0.840. The average molecular weight is 253 g/mol. The molecule has 1 aliphatic carbocycles. The van der Waals surface area contributed by atoms with Crippen LogP contribution in [0.25, 0.3) is 0 Å². The molecule has 0 radical (unpaired) electrons. The van der Waals surface area contributed by atoms with Crippen LogP contribution in [0.1, 0.15) is 58.8 Å². The highest BCUT2D eigenvalue weighted by atomic mass is 16.4. The van der Waals surface area contributed by atoms with Crippen LogP contribution in [0.3, 0.4) is 0 Å². The third kappa shape index (κ3) is 3.05. The molecule has 0 amide bonds. The minimum absolute atomic E-state index is 0.0846. The Kier molecular flexibility index (Phi) is 4.31. The van der Waals surface area contributed by atoms with Gasteiger partial charge < -0.3 is 5.11 Å². The van der Waals surface area contributed by atoms with E-state index in [-0.39, 0.29) is 11.5 Å². The molecular weight excluding hydrogens is 226 g/mol. The topological polar surface area (TPSA) is 40.5 Å². The molecule has 18 heavy (non-hydrogen) atoms. The minimum atomic E-state index is -0.629. The van der Waals surface area contributed by atoms with E-state index in [1.165, 1.54) is 32.1 Å². The van der Waals surface area contributed by atoms with Gasteiger partial charge in [0.05, 0.1) is 0 Å². The highest BCUT2D eigenvalue weighted by Gasteiger charge is 2.42. The molecule has 2 aliphatic rings. The summed E-state index contributed by atoms with van der Waals surface area (Å²) in [5.41, 5.74) is -0.0846. The van der Waals surface area contributed by atoms with E-state index < -0.39 is 5.97 Å². The third-order valence-electron chi connectivity index (χ3n) is 4.82. The van der Waals surface area contributed by atoms with Crippen molar-refractivity contribution in [3.63, 3.8) is 0 Å². The summed E-state index contributed by atoms with van der Waals surface area (Å²) < 4.78 is 0. The molecule has 3 heteroatoms. The first kappa shape index (κ1) is 13.9. The number of hydrogen-bond donors (Lipinski definition) is 1. The fourth-order valence-corrected chi connectivity index (χ4v) is 3.89. The summed E-state index contributed by atoms with van der Waals surface area (Å²) >= 11 is 0. The molecule has 2 rings (SSSR count). The van der Waals surface area contributed by atoms with Crippen molar-refractivity contribution in [1.82, 2.24) is 4.90 Å². The lowest BCUT2D eigenvalue weighted by atomic mass is 9.75. The summed E-state index contributed by atoms with van der Waals surface area (Å²) in [6, 6.07) is -0.284. The Bertz CT molecular complexity index is 295. The Balaban J connectivity index is 2.02. The molecule has 0 bridgehead atoms. The number of piperidine rings is 1. The van der Waals surface area contributed by atoms with Gasteiger partial charge in [0.25, 0.3) is 0 Å². The van der Waals surface area contributed by atoms with Crippen molar-refractivity contribution in [3.8, 4) is 0 Å². The molecular formula is C15H27NO2. The van der Waals surface area contributed by atoms with Gasteiger partial charge in [-0.05, 0) is 43.6 Å². The summed E-state index contributed by atoms with van der Waals surface area (Å²) in [5, 5.41) is 9.53. The van der Waals surface area contributed by atoms with Crippen LogP contribution in [-0.2, 0) is 4.79 Å². The van der Waals surface area contributed by atoms with Crippen LogP contribution in [0.15, 0.2) is 0 Å². The number of carboxylic acids is 1. The van der Waals surface area contributed by atoms with Crippen LogP contribution < -0.4 is 0 Å². The van der Waals surface area contributed by atoms with Gasteiger partial charge in [-0.15, -0.1) is 0 Å². The Morgan fingerprint density at radius 3 is 2.50 bits per heavy atom. The van der Waals surface area contributed by atoms with Crippen LogP contribution in [0.5, 0.6) is 0 Å². The monoisotopic (exact) mass is 253 g/mol. The molecule has 1 heterocycles. The van der Waals surface area contributed by atoms with Crippen molar-refractivity contribution in [2.24, 2.45) is 11.3 Å². The lowest BCUT2D eigenvalue weighted by Gasteiger charge is -2.45. The molecule has 0 aromatic heterocycles. The standard InChI is InChI=1S/C15H27NO2/c1-15(2)9-6-10-16(13(15)14(17)18)11-12-7-4-3-5-8-12/h12-13H,3-11H2,1-2H3,(H,17,18). The Morgan fingerprint density at radius 2 is 1.89 bits per heavy atom. The van der Waals surface area contributed by atoms with Crippen molar-refractivity contribution in [3.05, 3.63) is 0 Å². The van der Waals surface area contributed by atoms with E-state index in [1.807, 2.05) is 0 Å². The van der Waals surface area contributed by atoms with Gasteiger partial charge in [0, 0.05) is 6.54 Å². The van der Waals surface area contributed by atoms with Gasteiger partial charge in [-0.3, -0.25) is 9.69 Å². The number of aliphatic carboxylic acids is 1. The average Bonchev–Trinajstić information content (AvgIpc) is 2.28. The van der Waals surface area contributed by atoms with E-state index in [0.717, 1.165) is 31.8 Å². The summed E-state index contributed by atoms with van der Waals surface area (Å²) in [6.07, 6.45) is 8.80. The fraction of sp³-hybridized carbons (Fsp3) is 0.933. The third-order valence-corrected chi connectivity index (χ3v) is 4.82. The maximum absolute atomic E-state index is 11.6. The molecule has 0 spiro atoms. The van der Waals surface area contributed by atoms with Crippen molar-refractivity contribution in [1.29, 1.82) is 0 Å². The van der Waals surface area contributed by atoms with Gasteiger partial charge in [-0.25, -0.2) is 0 Å². The van der Waals surface area contributed by atoms with Crippen LogP contribution >= 0.6 is 0 Å². The van der Waals surface area contributed by atoms with E-state index in [2.05, 4.69) is 18.7 Å². The van der Waals surface area contributed by atoms with Gasteiger partial charge in [-0.2, -0.15) is 0 Å². The summed E-state index contributed by atoms with van der Waals surface area (Å²) in [5.74, 6) is 0.102. The van der Waals surface area contributed by atoms with Crippen molar-refractivity contribution < 1.29 is 9.90 Å². The highest BCUT2D eigenvalue weighted by Crippen LogP contribution is 2.36. The predicted octanol–water partition coefficient (Wildman–Crippen LogP) is 3.14. The second-order valence-electron chi connectivity index (χ2n) is 6.83. The van der Waals surface area contributed by atoms with E-state index >= 15 is 0 Å². The number of carboxylic acid groups (broad SMARTS) is 1. The van der Waals surface area contributed by atoms with Gasteiger partial charge in [0.1, 0.15) is 6.04 Å². The zero-order chi connectivity index (χ0) is 13.2. The largest absolute Gasteiger partial charge is 0.480 e. The maximum Gasteiger partial charge on any atom is 0.321 e. The van der Waals surface area contributed by atoms with E-state index in [0.29, 0.717) is 0 Å². The van der Waals surface area contributed by atoms with Crippen LogP contribution in [-0.4, -0.2) is 35.1 Å². The smallest absolute Gasteiger partial charge is 0.321 e. The SMILES string of the molecule is CC1(C)CCCN(CC2CCCCC2)C1C(=O)O. The van der Waals surface area contributed by atoms with E-state index in [9.17, 15) is 9.90 Å². The molecule has 3 nitrogen and oxygen atoms in total. The van der Waals surface area contributed by atoms with E-state index in [1.54, 1.807) is 0 Å². The Morgan fingerprint density at radius 1 is 1.22 bits per heavy atom. The minimum Gasteiger partial charge on any atom is -0.480 e. The first-order chi connectivity index (χ1) is 8.50. The first-order valence-electron chi connectivity index (χ1n) is 7.47. The summed E-state index contributed by atoms with van der Waals surface area (Å²) in [6.45, 7) is 6.19. The van der Waals surface area contributed by atoms with Gasteiger partial charge >= 0.3 is 5.97 Å². The molecule has 1 atom stereocenters. The van der Waals surface area contributed by atoms with Gasteiger partial charge in [-0.1, -0.05) is 33.1 Å².